The maximum Gasteiger partial charge on any atom is 0.233 e. The highest BCUT2D eigenvalue weighted by Gasteiger charge is 2.38. The van der Waals surface area contributed by atoms with Crippen LogP contribution in [-0.4, -0.2) is 22.6 Å². The number of rotatable bonds is 0. The molecule has 0 bridgehead atoms. The van der Waals surface area contributed by atoms with Crippen LogP contribution in [0.1, 0.15) is 16.1 Å². The predicted molar refractivity (Wildman–Crippen MR) is 57.6 cm³/mol. The van der Waals surface area contributed by atoms with Crippen molar-refractivity contribution in [2.24, 2.45) is 0 Å². The Hall–Kier alpha value is -2.23. The standard InChI is InChI=1S/C12H8N2O2/c15-11-8-4-2-5-13-9(8)7-3-1-6-14-10(7)12(11)16/h1-6,10,14H. The van der Waals surface area contributed by atoms with Gasteiger partial charge in [-0.3, -0.25) is 14.6 Å². The fraction of sp³-hybridized carbons (Fsp3) is 0.0833. The van der Waals surface area contributed by atoms with Gasteiger partial charge in [-0.1, -0.05) is 6.08 Å². The molecule has 0 radical (unpaired) electrons. The number of hydrogen-bond donors (Lipinski definition) is 1. The van der Waals surface area contributed by atoms with Gasteiger partial charge in [-0.05, 0) is 24.4 Å². The van der Waals surface area contributed by atoms with Gasteiger partial charge >= 0.3 is 0 Å². The number of aromatic nitrogens is 1. The maximum atomic E-state index is 11.8. The molecule has 16 heavy (non-hydrogen) atoms. The van der Waals surface area contributed by atoms with E-state index in [4.69, 9.17) is 0 Å². The molecule has 1 atom stereocenters. The highest BCUT2D eigenvalue weighted by atomic mass is 16.2. The number of carbonyl (C=O) groups is 2. The predicted octanol–water partition coefficient (Wildman–Crippen LogP) is 0.716. The average molecular weight is 212 g/mol. The van der Waals surface area contributed by atoms with Crippen molar-refractivity contribution in [2.75, 3.05) is 0 Å². The highest BCUT2D eigenvalue weighted by molar-refractivity contribution is 6.49. The normalized spacial score (nSPS) is 22.0. The first kappa shape index (κ1) is 9.03. The number of carbonyl (C=O) groups excluding carboxylic acids is 2. The molecule has 1 aliphatic heterocycles. The van der Waals surface area contributed by atoms with Crippen molar-refractivity contribution in [3.8, 4) is 0 Å². The van der Waals surface area contributed by atoms with Crippen molar-refractivity contribution in [3.63, 3.8) is 0 Å². The Morgan fingerprint density at radius 3 is 3.06 bits per heavy atom. The summed E-state index contributed by atoms with van der Waals surface area (Å²) in [5, 5.41) is 2.88. The molecule has 3 rings (SSSR count). The number of fused-ring (bicyclic) bond motifs is 3. The third-order valence-electron chi connectivity index (χ3n) is 2.76. The number of Topliss-reactive ketones (excluding diaryl/α,β-unsaturated/α-hetero) is 2. The fourth-order valence-electron chi connectivity index (χ4n) is 2.00. The lowest BCUT2D eigenvalue weighted by molar-refractivity contribution is -0.115. The van der Waals surface area contributed by atoms with Gasteiger partial charge in [0.2, 0.25) is 11.6 Å². The summed E-state index contributed by atoms with van der Waals surface area (Å²) >= 11 is 0. The van der Waals surface area contributed by atoms with E-state index in [0.29, 0.717) is 11.3 Å². The molecule has 0 spiro atoms. The second-order valence-electron chi connectivity index (χ2n) is 3.67. The van der Waals surface area contributed by atoms with Crippen molar-refractivity contribution in [2.45, 2.75) is 6.04 Å². The molecule has 2 heterocycles. The van der Waals surface area contributed by atoms with E-state index >= 15 is 0 Å². The van der Waals surface area contributed by atoms with Crippen LogP contribution < -0.4 is 5.32 Å². The van der Waals surface area contributed by atoms with Crippen LogP contribution in [0.4, 0.5) is 0 Å². The molecule has 4 heteroatoms. The molecule has 1 aromatic rings. The molecule has 1 aromatic heterocycles. The number of pyridine rings is 1. The maximum absolute atomic E-state index is 11.8. The van der Waals surface area contributed by atoms with E-state index in [9.17, 15) is 9.59 Å². The van der Waals surface area contributed by atoms with Crippen LogP contribution in [0, 0.1) is 0 Å². The van der Waals surface area contributed by atoms with E-state index in [2.05, 4.69) is 10.3 Å². The van der Waals surface area contributed by atoms with Crippen LogP contribution in [-0.2, 0) is 4.79 Å². The Kier molecular flexibility index (Phi) is 1.77. The molecule has 0 aromatic carbocycles. The van der Waals surface area contributed by atoms with E-state index in [-0.39, 0.29) is 0 Å². The number of ketones is 2. The zero-order valence-corrected chi connectivity index (χ0v) is 8.31. The van der Waals surface area contributed by atoms with Crippen molar-refractivity contribution in [1.29, 1.82) is 0 Å². The molecule has 0 amide bonds. The van der Waals surface area contributed by atoms with Gasteiger partial charge in [-0.25, -0.2) is 0 Å². The van der Waals surface area contributed by atoms with Crippen LogP contribution in [0.25, 0.3) is 5.57 Å². The van der Waals surface area contributed by atoms with Gasteiger partial charge in [0.1, 0.15) is 6.04 Å². The minimum Gasteiger partial charge on any atom is -0.377 e. The number of allylic oxidation sites excluding steroid dienone is 2. The van der Waals surface area contributed by atoms with Gasteiger partial charge in [-0.15, -0.1) is 0 Å². The smallest absolute Gasteiger partial charge is 0.233 e. The molecule has 2 aliphatic rings. The summed E-state index contributed by atoms with van der Waals surface area (Å²) in [4.78, 5) is 27.8. The van der Waals surface area contributed by atoms with E-state index in [0.717, 1.165) is 5.57 Å². The first-order valence-electron chi connectivity index (χ1n) is 4.96. The van der Waals surface area contributed by atoms with Crippen molar-refractivity contribution in [3.05, 3.63) is 47.9 Å². The summed E-state index contributed by atoms with van der Waals surface area (Å²) in [6.45, 7) is 0. The summed E-state index contributed by atoms with van der Waals surface area (Å²) in [6.07, 6.45) is 6.90. The van der Waals surface area contributed by atoms with Crippen molar-refractivity contribution >= 4 is 17.1 Å². The molecule has 78 valence electrons. The minimum absolute atomic E-state index is 0.395. The van der Waals surface area contributed by atoms with Crippen LogP contribution >= 0.6 is 0 Å². The molecule has 0 saturated heterocycles. The lowest BCUT2D eigenvalue weighted by atomic mass is 9.84. The summed E-state index contributed by atoms with van der Waals surface area (Å²) in [5.41, 5.74) is 1.77. The van der Waals surface area contributed by atoms with Crippen LogP contribution in [0.5, 0.6) is 0 Å². The minimum atomic E-state index is -0.570. The zero-order chi connectivity index (χ0) is 11.1. The Morgan fingerprint density at radius 1 is 1.31 bits per heavy atom. The lowest BCUT2D eigenvalue weighted by Crippen LogP contribution is -2.44. The fourth-order valence-corrected chi connectivity index (χ4v) is 2.00. The summed E-state index contributed by atoms with van der Waals surface area (Å²) < 4.78 is 0. The van der Waals surface area contributed by atoms with Gasteiger partial charge in [0.15, 0.2) is 0 Å². The molecule has 0 fully saturated rings. The molecule has 1 N–H and O–H groups in total. The molecule has 1 unspecified atom stereocenters. The molecular weight excluding hydrogens is 204 g/mol. The number of nitrogens with zero attached hydrogens (tertiary/aromatic N) is 1. The molecule has 1 aliphatic carbocycles. The number of nitrogens with one attached hydrogen (secondary N) is 1. The number of dihydropyridines is 1. The largest absolute Gasteiger partial charge is 0.377 e. The molecular formula is C12H8N2O2. The Labute approximate surface area is 91.7 Å². The van der Waals surface area contributed by atoms with Crippen molar-refractivity contribution < 1.29 is 9.59 Å². The van der Waals surface area contributed by atoms with Crippen LogP contribution in [0.2, 0.25) is 0 Å². The summed E-state index contributed by atoms with van der Waals surface area (Å²) in [7, 11) is 0. The molecule has 4 nitrogen and oxygen atoms in total. The Morgan fingerprint density at radius 2 is 2.19 bits per heavy atom. The van der Waals surface area contributed by atoms with E-state index in [1.54, 1.807) is 30.6 Å². The van der Waals surface area contributed by atoms with Gasteiger partial charge in [-0.2, -0.15) is 0 Å². The number of hydrogen-bond acceptors (Lipinski definition) is 4. The molecule has 0 saturated carbocycles. The summed E-state index contributed by atoms with van der Waals surface area (Å²) in [6, 6.07) is 2.73. The zero-order valence-electron chi connectivity index (χ0n) is 8.31. The summed E-state index contributed by atoms with van der Waals surface area (Å²) in [5.74, 6) is -0.885. The first-order chi connectivity index (χ1) is 7.79. The quantitative estimate of drug-likeness (QED) is 0.643. The van der Waals surface area contributed by atoms with Crippen LogP contribution in [0.3, 0.4) is 0 Å². The van der Waals surface area contributed by atoms with Gasteiger partial charge < -0.3 is 5.32 Å². The SMILES string of the molecule is O=C1C(=O)C2NC=CC=C2c2ncccc21. The lowest BCUT2D eigenvalue weighted by Gasteiger charge is -2.26. The van der Waals surface area contributed by atoms with E-state index in [1.807, 2.05) is 6.08 Å². The first-order valence-corrected chi connectivity index (χ1v) is 4.96. The average Bonchev–Trinajstić information content (AvgIpc) is 2.36. The van der Waals surface area contributed by atoms with Crippen molar-refractivity contribution in [1.82, 2.24) is 10.3 Å². The second-order valence-corrected chi connectivity index (χ2v) is 3.67. The Bertz CT molecular complexity index is 558. The third kappa shape index (κ3) is 1.07. The van der Waals surface area contributed by atoms with Gasteiger partial charge in [0.25, 0.3) is 0 Å². The van der Waals surface area contributed by atoms with E-state index in [1.165, 1.54) is 0 Å². The second kappa shape index (κ2) is 3.13. The van der Waals surface area contributed by atoms with Gasteiger partial charge in [0, 0.05) is 11.8 Å². The highest BCUT2D eigenvalue weighted by Crippen LogP contribution is 2.28. The Balaban J connectivity index is 2.28. The van der Waals surface area contributed by atoms with E-state index < -0.39 is 17.6 Å². The van der Waals surface area contributed by atoms with Crippen LogP contribution in [0.15, 0.2) is 36.7 Å². The third-order valence-corrected chi connectivity index (χ3v) is 2.76. The van der Waals surface area contributed by atoms with Gasteiger partial charge in [0.05, 0.1) is 11.3 Å². The topological polar surface area (TPSA) is 59.1 Å². The monoisotopic (exact) mass is 212 g/mol.